The quantitative estimate of drug-likeness (QED) is 0.549. The van der Waals surface area contributed by atoms with Gasteiger partial charge in [0.15, 0.2) is 5.75 Å². The molecule has 0 aliphatic heterocycles. The van der Waals surface area contributed by atoms with Gasteiger partial charge in [-0.25, -0.2) is 0 Å². The van der Waals surface area contributed by atoms with E-state index in [1.165, 1.54) is 6.07 Å². The number of nitrogens with zero attached hydrogens (tertiary/aromatic N) is 1. The SMILES string of the molecule is C[C](C)Oc1ccc(C)cc1[N+](=O)[O-]. The largest absolute Gasteiger partial charge is 0.477 e. The maximum atomic E-state index is 10.7. The van der Waals surface area contributed by atoms with Gasteiger partial charge in [0.05, 0.1) is 4.92 Å². The van der Waals surface area contributed by atoms with Gasteiger partial charge in [-0.3, -0.25) is 10.1 Å². The van der Waals surface area contributed by atoms with Crippen molar-refractivity contribution in [2.75, 3.05) is 0 Å². The molecule has 0 spiro atoms. The van der Waals surface area contributed by atoms with Crippen molar-refractivity contribution in [3.8, 4) is 5.75 Å². The first-order valence-electron chi connectivity index (χ1n) is 4.24. The van der Waals surface area contributed by atoms with Crippen LogP contribution < -0.4 is 4.74 Å². The van der Waals surface area contributed by atoms with Gasteiger partial charge in [-0.05, 0) is 32.4 Å². The Morgan fingerprint density at radius 2 is 2.07 bits per heavy atom. The summed E-state index contributed by atoms with van der Waals surface area (Å²) in [6, 6.07) is 4.89. The van der Waals surface area contributed by atoms with Crippen molar-refractivity contribution in [2.45, 2.75) is 20.8 Å². The van der Waals surface area contributed by atoms with Crippen molar-refractivity contribution in [1.29, 1.82) is 0 Å². The normalized spacial score (nSPS) is 10.3. The molecule has 0 saturated heterocycles. The van der Waals surface area contributed by atoms with Gasteiger partial charge in [0, 0.05) is 6.07 Å². The summed E-state index contributed by atoms with van der Waals surface area (Å²) in [5.41, 5.74) is 0.851. The van der Waals surface area contributed by atoms with E-state index in [0.717, 1.165) is 5.56 Å². The molecule has 0 fully saturated rings. The number of ether oxygens (including phenoxy) is 1. The molecular formula is C10H12NO3. The summed E-state index contributed by atoms with van der Waals surface area (Å²) in [6.45, 7) is 5.31. The Kier molecular flexibility index (Phi) is 3.06. The van der Waals surface area contributed by atoms with Crippen LogP contribution in [0, 0.1) is 23.1 Å². The van der Waals surface area contributed by atoms with Crippen molar-refractivity contribution in [1.82, 2.24) is 0 Å². The van der Waals surface area contributed by atoms with Crippen LogP contribution in [0.1, 0.15) is 19.4 Å². The fraction of sp³-hybridized carbons (Fsp3) is 0.300. The van der Waals surface area contributed by atoms with E-state index in [1.807, 2.05) is 0 Å². The number of hydrogen-bond donors (Lipinski definition) is 0. The monoisotopic (exact) mass is 194 g/mol. The fourth-order valence-electron chi connectivity index (χ4n) is 1.08. The van der Waals surface area contributed by atoms with E-state index in [0.29, 0.717) is 11.9 Å². The smallest absolute Gasteiger partial charge is 0.311 e. The van der Waals surface area contributed by atoms with Gasteiger partial charge in [-0.2, -0.15) is 0 Å². The number of rotatable bonds is 3. The highest BCUT2D eigenvalue weighted by Gasteiger charge is 2.15. The van der Waals surface area contributed by atoms with Gasteiger partial charge in [0.25, 0.3) is 0 Å². The van der Waals surface area contributed by atoms with E-state index in [9.17, 15) is 10.1 Å². The minimum Gasteiger partial charge on any atom is -0.477 e. The molecule has 0 atom stereocenters. The molecule has 0 aliphatic carbocycles. The molecule has 1 aromatic carbocycles. The van der Waals surface area contributed by atoms with Gasteiger partial charge >= 0.3 is 5.69 Å². The molecule has 1 radical (unpaired) electrons. The van der Waals surface area contributed by atoms with Crippen molar-refractivity contribution < 1.29 is 9.66 Å². The highest BCUT2D eigenvalue weighted by Crippen LogP contribution is 2.29. The van der Waals surface area contributed by atoms with Crippen LogP contribution in [0.5, 0.6) is 5.75 Å². The van der Waals surface area contributed by atoms with Crippen LogP contribution in [0.4, 0.5) is 5.69 Å². The third kappa shape index (κ3) is 2.45. The van der Waals surface area contributed by atoms with E-state index < -0.39 is 4.92 Å². The van der Waals surface area contributed by atoms with E-state index >= 15 is 0 Å². The van der Waals surface area contributed by atoms with E-state index in [2.05, 4.69) is 0 Å². The van der Waals surface area contributed by atoms with Crippen LogP contribution >= 0.6 is 0 Å². The van der Waals surface area contributed by atoms with Crippen LogP contribution in [0.15, 0.2) is 18.2 Å². The van der Waals surface area contributed by atoms with Gasteiger partial charge in [0.2, 0.25) is 0 Å². The van der Waals surface area contributed by atoms with Crippen molar-refractivity contribution in [3.05, 3.63) is 40.0 Å². The van der Waals surface area contributed by atoms with Crippen molar-refractivity contribution >= 4 is 5.69 Å². The highest BCUT2D eigenvalue weighted by molar-refractivity contribution is 5.48. The van der Waals surface area contributed by atoms with Gasteiger partial charge in [0.1, 0.15) is 6.10 Å². The zero-order valence-electron chi connectivity index (χ0n) is 8.40. The second kappa shape index (κ2) is 4.09. The van der Waals surface area contributed by atoms with Crippen LogP contribution in [0.2, 0.25) is 0 Å². The molecule has 14 heavy (non-hydrogen) atoms. The van der Waals surface area contributed by atoms with E-state index in [4.69, 9.17) is 4.74 Å². The zero-order chi connectivity index (χ0) is 10.7. The fourth-order valence-corrected chi connectivity index (χ4v) is 1.08. The molecule has 0 aliphatic rings. The third-order valence-electron chi connectivity index (χ3n) is 1.63. The topological polar surface area (TPSA) is 52.4 Å². The molecule has 4 heteroatoms. The highest BCUT2D eigenvalue weighted by atomic mass is 16.6. The molecule has 0 saturated carbocycles. The second-order valence-corrected chi connectivity index (χ2v) is 3.24. The molecule has 4 nitrogen and oxygen atoms in total. The minimum absolute atomic E-state index is 0.00574. The summed E-state index contributed by atoms with van der Waals surface area (Å²) in [5.74, 6) is 0.292. The molecule has 0 bridgehead atoms. The van der Waals surface area contributed by atoms with Crippen LogP contribution in [0.3, 0.4) is 0 Å². The summed E-state index contributed by atoms with van der Waals surface area (Å²) < 4.78 is 5.24. The summed E-state index contributed by atoms with van der Waals surface area (Å²) in [7, 11) is 0. The predicted molar refractivity (Wildman–Crippen MR) is 53.1 cm³/mol. The third-order valence-corrected chi connectivity index (χ3v) is 1.63. The molecule has 0 heterocycles. The van der Waals surface area contributed by atoms with Crippen molar-refractivity contribution in [2.24, 2.45) is 0 Å². The van der Waals surface area contributed by atoms with Crippen molar-refractivity contribution in [3.63, 3.8) is 0 Å². The van der Waals surface area contributed by atoms with Gasteiger partial charge in [-0.1, -0.05) is 6.07 Å². The molecule has 0 unspecified atom stereocenters. The Morgan fingerprint density at radius 1 is 1.43 bits per heavy atom. The number of benzene rings is 1. The minimum atomic E-state index is -0.439. The van der Waals surface area contributed by atoms with Gasteiger partial charge < -0.3 is 4.74 Å². The molecule has 1 rings (SSSR count). The molecule has 1 aromatic rings. The average molecular weight is 194 g/mol. The first-order chi connectivity index (χ1) is 6.50. The average Bonchev–Trinajstić information content (AvgIpc) is 2.07. The molecule has 0 amide bonds. The number of hydrogen-bond acceptors (Lipinski definition) is 3. The Labute approximate surface area is 82.7 Å². The lowest BCUT2D eigenvalue weighted by atomic mass is 10.2. The lowest BCUT2D eigenvalue weighted by Crippen LogP contribution is -2.00. The Morgan fingerprint density at radius 3 is 2.57 bits per heavy atom. The lowest BCUT2D eigenvalue weighted by molar-refractivity contribution is -0.385. The second-order valence-electron chi connectivity index (χ2n) is 3.24. The van der Waals surface area contributed by atoms with Gasteiger partial charge in [-0.15, -0.1) is 0 Å². The first-order valence-corrected chi connectivity index (χ1v) is 4.24. The summed E-state index contributed by atoms with van der Waals surface area (Å²) in [6.07, 6.45) is 0.678. The Bertz CT molecular complexity index is 347. The summed E-state index contributed by atoms with van der Waals surface area (Å²) >= 11 is 0. The Hall–Kier alpha value is -1.58. The zero-order valence-corrected chi connectivity index (χ0v) is 8.40. The molecular weight excluding hydrogens is 182 g/mol. The standard InChI is InChI=1S/C10H12NO3/c1-7(2)14-10-5-4-8(3)6-9(10)11(12)13/h4-6H,1-3H3. The number of aryl methyl sites for hydroxylation is 1. The van der Waals surface area contributed by atoms with Crippen LogP contribution in [0.25, 0.3) is 0 Å². The predicted octanol–water partition coefficient (Wildman–Crippen LogP) is 2.85. The molecule has 75 valence electrons. The number of nitro benzene ring substituents is 1. The maximum absolute atomic E-state index is 10.7. The Balaban J connectivity index is 3.08. The molecule has 0 aromatic heterocycles. The van der Waals surface area contributed by atoms with Crippen LogP contribution in [-0.2, 0) is 0 Å². The number of nitro groups is 1. The van der Waals surface area contributed by atoms with E-state index in [-0.39, 0.29) is 5.69 Å². The summed E-state index contributed by atoms with van der Waals surface area (Å²) in [4.78, 5) is 10.2. The van der Waals surface area contributed by atoms with E-state index in [1.54, 1.807) is 32.9 Å². The lowest BCUT2D eigenvalue weighted by Gasteiger charge is -2.08. The summed E-state index contributed by atoms with van der Waals surface area (Å²) in [5, 5.41) is 10.7. The maximum Gasteiger partial charge on any atom is 0.311 e. The first kappa shape index (κ1) is 10.5. The molecule has 0 N–H and O–H groups in total. The van der Waals surface area contributed by atoms with Crippen LogP contribution in [-0.4, -0.2) is 4.92 Å².